The Hall–Kier alpha value is -1.90. The highest BCUT2D eigenvalue weighted by molar-refractivity contribution is 5.30. The molecule has 0 spiro atoms. The molecular weight excluding hydrogens is 368 g/mol. The van der Waals surface area contributed by atoms with Gasteiger partial charge in [0.05, 0.1) is 19.8 Å². The highest BCUT2D eigenvalue weighted by Gasteiger charge is 2.34. The number of aliphatic hydroxyl groups is 2. The van der Waals surface area contributed by atoms with Crippen molar-refractivity contribution in [1.29, 1.82) is 0 Å². The van der Waals surface area contributed by atoms with Crippen LogP contribution in [0.2, 0.25) is 0 Å². The first-order valence-corrected chi connectivity index (χ1v) is 9.07. The van der Waals surface area contributed by atoms with E-state index in [0.29, 0.717) is 5.56 Å². The molecule has 0 bridgehead atoms. The van der Waals surface area contributed by atoms with Gasteiger partial charge < -0.3 is 19.7 Å². The van der Waals surface area contributed by atoms with Crippen LogP contribution < -0.4 is 0 Å². The van der Waals surface area contributed by atoms with E-state index in [4.69, 9.17) is 9.47 Å². The Morgan fingerprint density at radius 2 is 1.43 bits per heavy atom. The van der Waals surface area contributed by atoms with Crippen LogP contribution in [0.4, 0.5) is 8.78 Å². The fourth-order valence-electron chi connectivity index (χ4n) is 3.44. The van der Waals surface area contributed by atoms with E-state index in [2.05, 4.69) is 0 Å². The Balaban J connectivity index is 2.57. The topological polar surface area (TPSA) is 62.2 Å². The Kier molecular flexibility index (Phi) is 8.95. The maximum atomic E-state index is 14.7. The lowest BCUT2D eigenvalue weighted by Crippen LogP contribution is -2.42. The molecule has 2 aromatic rings. The van der Waals surface area contributed by atoms with Gasteiger partial charge in [0.15, 0.2) is 6.29 Å². The summed E-state index contributed by atoms with van der Waals surface area (Å²) in [5, 5.41) is 19.7. The number of halogens is 2. The molecule has 0 saturated carbocycles. The van der Waals surface area contributed by atoms with E-state index in [-0.39, 0.29) is 25.3 Å². The van der Waals surface area contributed by atoms with E-state index in [0.717, 1.165) is 0 Å². The highest BCUT2D eigenvalue weighted by atomic mass is 19.1. The van der Waals surface area contributed by atoms with Gasteiger partial charge in [-0.15, -0.1) is 0 Å². The van der Waals surface area contributed by atoms with Gasteiger partial charge in [-0.3, -0.25) is 4.90 Å². The van der Waals surface area contributed by atoms with E-state index >= 15 is 0 Å². The average Bonchev–Trinajstić information content (AvgIpc) is 2.71. The molecule has 7 heteroatoms. The molecule has 2 atom stereocenters. The van der Waals surface area contributed by atoms with Crippen molar-refractivity contribution in [1.82, 2.24) is 4.90 Å². The molecule has 2 aromatic carbocycles. The van der Waals surface area contributed by atoms with E-state index in [1.54, 1.807) is 41.3 Å². The van der Waals surface area contributed by atoms with Gasteiger partial charge in [0.2, 0.25) is 0 Å². The van der Waals surface area contributed by atoms with Crippen molar-refractivity contribution in [2.24, 2.45) is 0 Å². The minimum atomic E-state index is -0.765. The number of hydrogen-bond acceptors (Lipinski definition) is 5. The normalized spacial score (nSPS) is 13.9. The van der Waals surface area contributed by atoms with Crippen LogP contribution >= 0.6 is 0 Å². The number of rotatable bonds is 11. The summed E-state index contributed by atoms with van der Waals surface area (Å²) in [6.07, 6.45) is -0.638. The lowest BCUT2D eigenvalue weighted by atomic mass is 9.85. The Morgan fingerprint density at radius 1 is 0.893 bits per heavy atom. The third-order valence-corrected chi connectivity index (χ3v) is 4.80. The maximum absolute atomic E-state index is 14.7. The standard InChI is InChI=1S/C21H27F2NO4/c1-27-20(28-2)13-24(11-12-25)21(16-8-4-6-10-19(16)23)17(14-26)15-7-3-5-9-18(15)22/h3-10,17,20-21,25-26H,11-14H2,1-2H3. The van der Waals surface area contributed by atoms with Gasteiger partial charge in [-0.25, -0.2) is 8.78 Å². The first-order valence-electron chi connectivity index (χ1n) is 9.07. The monoisotopic (exact) mass is 395 g/mol. The molecule has 2 rings (SSSR count). The van der Waals surface area contributed by atoms with Crippen LogP contribution in [-0.4, -0.2) is 61.9 Å². The molecule has 0 aromatic heterocycles. The predicted molar refractivity (Wildman–Crippen MR) is 102 cm³/mol. The second kappa shape index (κ2) is 11.2. The molecule has 0 aliphatic rings. The molecule has 2 unspecified atom stereocenters. The van der Waals surface area contributed by atoms with Crippen molar-refractivity contribution in [3.05, 3.63) is 71.3 Å². The summed E-state index contributed by atoms with van der Waals surface area (Å²) in [6, 6.07) is 11.5. The van der Waals surface area contributed by atoms with Crippen molar-refractivity contribution in [2.45, 2.75) is 18.2 Å². The van der Waals surface area contributed by atoms with Gasteiger partial charge in [-0.1, -0.05) is 36.4 Å². The zero-order valence-electron chi connectivity index (χ0n) is 16.1. The second-order valence-corrected chi connectivity index (χ2v) is 6.40. The Bertz CT molecular complexity index is 727. The van der Waals surface area contributed by atoms with Gasteiger partial charge in [0.25, 0.3) is 0 Å². The Labute approximate surface area is 164 Å². The molecule has 0 heterocycles. The number of methoxy groups -OCH3 is 2. The zero-order valence-corrected chi connectivity index (χ0v) is 16.1. The van der Waals surface area contributed by atoms with Crippen molar-refractivity contribution in [3.8, 4) is 0 Å². The molecule has 0 radical (unpaired) electrons. The smallest absolute Gasteiger partial charge is 0.169 e. The number of hydrogen-bond donors (Lipinski definition) is 2. The van der Waals surface area contributed by atoms with Gasteiger partial charge in [-0.05, 0) is 17.7 Å². The summed E-state index contributed by atoms with van der Waals surface area (Å²) in [7, 11) is 2.95. The van der Waals surface area contributed by atoms with Gasteiger partial charge in [0, 0.05) is 38.3 Å². The summed E-state index contributed by atoms with van der Waals surface area (Å²) < 4.78 is 39.8. The average molecular weight is 395 g/mol. The lowest BCUT2D eigenvalue weighted by Gasteiger charge is -2.38. The van der Waals surface area contributed by atoms with Crippen molar-refractivity contribution in [3.63, 3.8) is 0 Å². The summed E-state index contributed by atoms with van der Waals surface area (Å²) in [6.45, 7) is -0.266. The quantitative estimate of drug-likeness (QED) is 0.573. The first kappa shape index (κ1) is 22.4. The van der Waals surface area contributed by atoms with E-state index in [1.165, 1.54) is 26.4 Å². The first-order chi connectivity index (χ1) is 13.6. The molecular formula is C21H27F2NO4. The second-order valence-electron chi connectivity index (χ2n) is 6.40. The molecule has 0 aliphatic carbocycles. The fourth-order valence-corrected chi connectivity index (χ4v) is 3.44. The van der Waals surface area contributed by atoms with Gasteiger partial charge in [0.1, 0.15) is 11.6 Å². The van der Waals surface area contributed by atoms with Gasteiger partial charge >= 0.3 is 0 Å². The summed E-state index contributed by atoms with van der Waals surface area (Å²) in [5.41, 5.74) is 0.566. The molecule has 5 nitrogen and oxygen atoms in total. The van der Waals surface area contributed by atoms with E-state index in [9.17, 15) is 19.0 Å². The van der Waals surface area contributed by atoms with Crippen molar-refractivity contribution < 1.29 is 28.5 Å². The van der Waals surface area contributed by atoms with Crippen molar-refractivity contribution >= 4 is 0 Å². The molecule has 2 N–H and O–H groups in total. The molecule has 0 amide bonds. The van der Waals surface area contributed by atoms with Gasteiger partial charge in [-0.2, -0.15) is 0 Å². The minimum absolute atomic E-state index is 0.160. The summed E-state index contributed by atoms with van der Waals surface area (Å²) in [5.74, 6) is -1.72. The van der Waals surface area contributed by atoms with Crippen LogP contribution in [0.1, 0.15) is 23.1 Å². The largest absolute Gasteiger partial charge is 0.396 e. The van der Waals surface area contributed by atoms with Crippen LogP contribution in [0.25, 0.3) is 0 Å². The molecule has 154 valence electrons. The minimum Gasteiger partial charge on any atom is -0.396 e. The van der Waals surface area contributed by atoms with Crippen LogP contribution in [-0.2, 0) is 9.47 Å². The number of benzene rings is 2. The van der Waals surface area contributed by atoms with E-state index < -0.39 is 36.5 Å². The third-order valence-electron chi connectivity index (χ3n) is 4.80. The van der Waals surface area contributed by atoms with Crippen LogP contribution in [0.5, 0.6) is 0 Å². The number of ether oxygens (including phenoxy) is 2. The fraction of sp³-hybridized carbons (Fsp3) is 0.429. The van der Waals surface area contributed by atoms with Crippen molar-refractivity contribution in [2.75, 3.05) is 40.5 Å². The Morgan fingerprint density at radius 3 is 1.89 bits per heavy atom. The molecule has 0 aliphatic heterocycles. The van der Waals surface area contributed by atoms with Crippen LogP contribution in [0.3, 0.4) is 0 Å². The SMILES string of the molecule is COC(CN(CCO)C(c1ccccc1F)C(CO)c1ccccc1F)OC. The predicted octanol–water partition coefficient (Wildman–Crippen LogP) is 2.70. The van der Waals surface area contributed by atoms with Crippen LogP contribution in [0, 0.1) is 11.6 Å². The summed E-state index contributed by atoms with van der Waals surface area (Å²) in [4.78, 5) is 1.74. The molecule has 28 heavy (non-hydrogen) atoms. The van der Waals surface area contributed by atoms with E-state index in [1.807, 2.05) is 0 Å². The maximum Gasteiger partial charge on any atom is 0.169 e. The summed E-state index contributed by atoms with van der Waals surface area (Å²) >= 11 is 0. The third kappa shape index (κ3) is 5.33. The van der Waals surface area contributed by atoms with Crippen LogP contribution in [0.15, 0.2) is 48.5 Å². The molecule has 0 fully saturated rings. The zero-order chi connectivity index (χ0) is 20.5. The number of aliphatic hydroxyl groups excluding tert-OH is 2. The number of nitrogens with zero attached hydrogens (tertiary/aromatic N) is 1. The highest BCUT2D eigenvalue weighted by Crippen LogP contribution is 2.38. The lowest BCUT2D eigenvalue weighted by molar-refractivity contribution is -0.123. The molecule has 0 saturated heterocycles.